The quantitative estimate of drug-likeness (QED) is 0.648. The molecular formula is C13H22ClN3O3. The van der Waals surface area contributed by atoms with E-state index in [-0.39, 0.29) is 6.04 Å². The summed E-state index contributed by atoms with van der Waals surface area (Å²) in [6, 6.07) is 1.89. The van der Waals surface area contributed by atoms with Gasteiger partial charge in [0.25, 0.3) is 0 Å². The number of hydrogen-bond acceptors (Lipinski definition) is 6. The van der Waals surface area contributed by atoms with Crippen LogP contribution in [0.2, 0.25) is 5.15 Å². The predicted octanol–water partition coefficient (Wildman–Crippen LogP) is 1.76. The number of ether oxygens (including phenoxy) is 3. The van der Waals surface area contributed by atoms with E-state index in [9.17, 15) is 0 Å². The van der Waals surface area contributed by atoms with Gasteiger partial charge in [-0.3, -0.25) is 0 Å². The third-order valence-electron chi connectivity index (χ3n) is 2.77. The Balaban J connectivity index is 2.98. The molecule has 0 radical (unpaired) electrons. The predicted molar refractivity (Wildman–Crippen MR) is 78.3 cm³/mol. The van der Waals surface area contributed by atoms with Crippen molar-refractivity contribution >= 4 is 17.4 Å². The Hall–Kier alpha value is -0.950. The van der Waals surface area contributed by atoms with E-state index < -0.39 is 0 Å². The second kappa shape index (κ2) is 9.07. The van der Waals surface area contributed by atoms with Crippen molar-refractivity contribution in [1.29, 1.82) is 0 Å². The number of rotatable bonds is 9. The molecular weight excluding hydrogens is 282 g/mol. The molecule has 0 aliphatic carbocycles. The van der Waals surface area contributed by atoms with Crippen molar-refractivity contribution in [2.24, 2.45) is 0 Å². The lowest BCUT2D eigenvalue weighted by Gasteiger charge is -2.30. The highest BCUT2D eigenvalue weighted by molar-refractivity contribution is 6.29. The fourth-order valence-electron chi connectivity index (χ4n) is 1.87. The zero-order valence-corrected chi connectivity index (χ0v) is 13.2. The fourth-order valence-corrected chi connectivity index (χ4v) is 2.07. The monoisotopic (exact) mass is 303 g/mol. The molecule has 1 atom stereocenters. The van der Waals surface area contributed by atoms with Crippen LogP contribution in [-0.4, -0.2) is 57.1 Å². The topological polar surface area (TPSA) is 56.7 Å². The van der Waals surface area contributed by atoms with Gasteiger partial charge in [-0.25, -0.2) is 9.97 Å². The minimum Gasteiger partial charge on any atom is -0.383 e. The van der Waals surface area contributed by atoms with Crippen molar-refractivity contribution in [3.63, 3.8) is 0 Å². The first-order chi connectivity index (χ1) is 9.62. The molecule has 114 valence electrons. The van der Waals surface area contributed by atoms with Crippen molar-refractivity contribution in [2.45, 2.75) is 19.6 Å². The number of aromatic nitrogens is 2. The molecule has 0 aliphatic heterocycles. The van der Waals surface area contributed by atoms with Crippen LogP contribution in [0.15, 0.2) is 6.07 Å². The summed E-state index contributed by atoms with van der Waals surface area (Å²) in [5, 5.41) is 0.397. The molecule has 20 heavy (non-hydrogen) atoms. The van der Waals surface area contributed by atoms with Gasteiger partial charge < -0.3 is 19.1 Å². The highest BCUT2D eigenvalue weighted by atomic mass is 35.5. The highest BCUT2D eigenvalue weighted by Crippen LogP contribution is 2.19. The molecule has 6 nitrogen and oxygen atoms in total. The summed E-state index contributed by atoms with van der Waals surface area (Å²) >= 11 is 6.05. The molecule has 1 heterocycles. The van der Waals surface area contributed by atoms with Crippen LogP contribution in [0.4, 0.5) is 5.82 Å². The average Bonchev–Trinajstić information content (AvgIpc) is 2.39. The molecule has 0 N–H and O–H groups in total. The van der Waals surface area contributed by atoms with Crippen molar-refractivity contribution in [1.82, 2.24) is 9.97 Å². The van der Waals surface area contributed by atoms with Crippen molar-refractivity contribution < 1.29 is 14.2 Å². The van der Waals surface area contributed by atoms with Gasteiger partial charge >= 0.3 is 0 Å². The summed E-state index contributed by atoms with van der Waals surface area (Å²) in [5.41, 5.74) is 0. The van der Waals surface area contributed by atoms with Crippen LogP contribution in [0.5, 0.6) is 0 Å². The Bertz CT molecular complexity index is 406. The van der Waals surface area contributed by atoms with Gasteiger partial charge in [-0.15, -0.1) is 0 Å². The first kappa shape index (κ1) is 17.1. The lowest BCUT2D eigenvalue weighted by atomic mass is 10.3. The van der Waals surface area contributed by atoms with Gasteiger partial charge in [0.2, 0.25) is 0 Å². The summed E-state index contributed by atoms with van der Waals surface area (Å²) in [5.74, 6) is 1.31. The number of anilines is 1. The van der Waals surface area contributed by atoms with E-state index in [0.717, 1.165) is 5.82 Å². The van der Waals surface area contributed by atoms with Gasteiger partial charge in [-0.05, 0) is 6.92 Å². The second-order valence-electron chi connectivity index (χ2n) is 4.39. The zero-order valence-electron chi connectivity index (χ0n) is 12.4. The maximum atomic E-state index is 6.05. The van der Waals surface area contributed by atoms with E-state index in [1.54, 1.807) is 27.4 Å². The SMILES string of the molecule is COCCN(c1cc(Cl)nc(COC)n1)C(C)COC. The van der Waals surface area contributed by atoms with E-state index in [1.165, 1.54) is 0 Å². The van der Waals surface area contributed by atoms with Gasteiger partial charge in [0, 0.05) is 33.9 Å². The second-order valence-corrected chi connectivity index (χ2v) is 4.78. The first-order valence-electron chi connectivity index (χ1n) is 6.39. The number of nitrogens with zero attached hydrogens (tertiary/aromatic N) is 3. The van der Waals surface area contributed by atoms with Crippen LogP contribution < -0.4 is 4.90 Å². The summed E-state index contributed by atoms with van der Waals surface area (Å²) in [7, 11) is 4.94. The lowest BCUT2D eigenvalue weighted by molar-refractivity contribution is 0.169. The molecule has 0 aliphatic rings. The smallest absolute Gasteiger partial charge is 0.158 e. The van der Waals surface area contributed by atoms with Crippen LogP contribution >= 0.6 is 11.6 Å². The van der Waals surface area contributed by atoms with Crippen LogP contribution in [0.3, 0.4) is 0 Å². The Morgan fingerprint density at radius 2 is 1.95 bits per heavy atom. The molecule has 0 bridgehead atoms. The van der Waals surface area contributed by atoms with Crippen molar-refractivity contribution in [2.75, 3.05) is 46.0 Å². The van der Waals surface area contributed by atoms with Crippen molar-refractivity contribution in [3.8, 4) is 0 Å². The first-order valence-corrected chi connectivity index (χ1v) is 6.77. The molecule has 1 aromatic rings. The lowest BCUT2D eigenvalue weighted by Crippen LogP contribution is -2.39. The maximum absolute atomic E-state index is 6.05. The van der Waals surface area contributed by atoms with Gasteiger partial charge in [0.15, 0.2) is 5.82 Å². The largest absolute Gasteiger partial charge is 0.383 e. The van der Waals surface area contributed by atoms with E-state index in [0.29, 0.717) is 37.3 Å². The Kier molecular flexibility index (Phi) is 7.76. The summed E-state index contributed by atoms with van der Waals surface area (Å²) in [4.78, 5) is 10.7. The molecule has 1 aromatic heterocycles. The van der Waals surface area contributed by atoms with Crippen LogP contribution in [0, 0.1) is 0 Å². The van der Waals surface area contributed by atoms with Gasteiger partial charge in [-0.2, -0.15) is 0 Å². The minimum absolute atomic E-state index is 0.150. The molecule has 0 saturated heterocycles. The maximum Gasteiger partial charge on any atom is 0.158 e. The fraction of sp³-hybridized carbons (Fsp3) is 0.692. The molecule has 0 amide bonds. The third kappa shape index (κ3) is 5.20. The van der Waals surface area contributed by atoms with Gasteiger partial charge in [-0.1, -0.05) is 11.6 Å². The molecule has 7 heteroatoms. The highest BCUT2D eigenvalue weighted by Gasteiger charge is 2.17. The minimum atomic E-state index is 0.150. The summed E-state index contributed by atoms with van der Waals surface area (Å²) < 4.78 is 15.4. The summed E-state index contributed by atoms with van der Waals surface area (Å²) in [6.45, 7) is 4.26. The average molecular weight is 304 g/mol. The van der Waals surface area contributed by atoms with E-state index in [4.69, 9.17) is 25.8 Å². The molecule has 1 unspecified atom stereocenters. The van der Waals surface area contributed by atoms with Crippen LogP contribution in [0.1, 0.15) is 12.7 Å². The molecule has 0 saturated carbocycles. The molecule has 0 fully saturated rings. The third-order valence-corrected chi connectivity index (χ3v) is 2.97. The van der Waals surface area contributed by atoms with Crippen molar-refractivity contribution in [3.05, 3.63) is 17.0 Å². The number of methoxy groups -OCH3 is 3. The standard InChI is InChI=1S/C13H22ClN3O3/c1-10(8-19-3)17(5-6-18-2)13-7-11(14)15-12(16-13)9-20-4/h7,10H,5-6,8-9H2,1-4H3. The van der Waals surface area contributed by atoms with Gasteiger partial charge in [0.05, 0.1) is 19.3 Å². The normalized spacial score (nSPS) is 12.4. The van der Waals surface area contributed by atoms with Crippen LogP contribution in [-0.2, 0) is 20.8 Å². The molecule has 0 aromatic carbocycles. The molecule has 1 rings (SSSR count). The van der Waals surface area contributed by atoms with E-state index in [1.807, 2.05) is 0 Å². The Morgan fingerprint density at radius 3 is 2.55 bits per heavy atom. The van der Waals surface area contributed by atoms with E-state index in [2.05, 4.69) is 21.8 Å². The Morgan fingerprint density at radius 1 is 1.20 bits per heavy atom. The summed E-state index contributed by atoms with van der Waals surface area (Å²) in [6.07, 6.45) is 0. The van der Waals surface area contributed by atoms with Crippen LogP contribution in [0.25, 0.3) is 0 Å². The number of halogens is 1. The Labute approximate surface area is 125 Å². The molecule has 0 spiro atoms. The number of hydrogen-bond donors (Lipinski definition) is 0. The van der Waals surface area contributed by atoms with Gasteiger partial charge in [0.1, 0.15) is 17.6 Å². The zero-order chi connectivity index (χ0) is 15.0. The van der Waals surface area contributed by atoms with E-state index >= 15 is 0 Å².